The number of hydrogen-bond acceptors (Lipinski definition) is 2. The van der Waals surface area contributed by atoms with Crippen LogP contribution in [0, 0.1) is 11.2 Å². The van der Waals surface area contributed by atoms with Crippen molar-refractivity contribution in [3.8, 4) is 0 Å². The summed E-state index contributed by atoms with van der Waals surface area (Å²) < 4.78 is 17.5. The fourth-order valence-electron chi connectivity index (χ4n) is 0.781. The average molecular weight is 188 g/mol. The second-order valence-corrected chi connectivity index (χ2v) is 2.59. The van der Waals surface area contributed by atoms with E-state index in [1.54, 1.807) is 0 Å². The maximum Gasteiger partial charge on any atom is 0.215 e. The first-order chi connectivity index (χ1) is 5.65. The Hall–Kier alpha value is -1.09. The second-order valence-electron chi connectivity index (χ2n) is 2.16. The molecule has 64 valence electrons. The largest absolute Gasteiger partial charge is 0.481 e. The number of ether oxygens (including phenoxy) is 1. The highest BCUT2D eigenvalue weighted by Crippen LogP contribution is 2.15. The van der Waals surface area contributed by atoms with Crippen LogP contribution in [0.3, 0.4) is 0 Å². The van der Waals surface area contributed by atoms with Crippen molar-refractivity contribution in [2.75, 3.05) is 7.11 Å². The molecular weight excluding hydrogens is 181 g/mol. The molecule has 0 unspecified atom stereocenters. The molecule has 4 heteroatoms. The molecule has 2 nitrogen and oxygen atoms in total. The normalized spacial score (nSPS) is 9.58. The molecule has 0 spiro atoms. The summed E-state index contributed by atoms with van der Waals surface area (Å²) in [6.07, 6.45) is 0. The Labute approximate surface area is 74.4 Å². The van der Waals surface area contributed by atoms with Gasteiger partial charge in [0.05, 0.1) is 12.7 Å². The van der Waals surface area contributed by atoms with Crippen LogP contribution >= 0.6 is 11.6 Å². The first-order valence-corrected chi connectivity index (χ1v) is 3.61. The van der Waals surface area contributed by atoms with Crippen LogP contribution in [0.1, 0.15) is 5.56 Å². The molecule has 0 fully saturated rings. The predicted octanol–water partition coefficient (Wildman–Crippen LogP) is 2.45. The van der Waals surface area contributed by atoms with Crippen molar-refractivity contribution in [3.63, 3.8) is 0 Å². The molecule has 0 amide bonds. The zero-order valence-electron chi connectivity index (χ0n) is 6.40. The minimum absolute atomic E-state index is 0.0741. The highest BCUT2D eigenvalue weighted by molar-refractivity contribution is 6.30. The lowest BCUT2D eigenvalue weighted by Crippen LogP contribution is -2.03. The Bertz CT molecular complexity index is 314. The van der Waals surface area contributed by atoms with E-state index in [1.165, 1.54) is 25.3 Å². The molecule has 0 heterocycles. The van der Waals surface area contributed by atoms with Crippen LogP contribution in [0.25, 0.3) is 0 Å². The average Bonchev–Trinajstić information content (AvgIpc) is 2.08. The highest BCUT2D eigenvalue weighted by Gasteiger charge is 2.07. The third-order valence-electron chi connectivity index (χ3n) is 1.38. The van der Waals surface area contributed by atoms with Crippen LogP contribution in [-0.2, 0) is 4.74 Å². The quantitative estimate of drug-likeness (QED) is 0.532. The summed E-state index contributed by atoms with van der Waals surface area (Å²) in [6.45, 7) is 0. The Morgan fingerprint density at radius 1 is 1.58 bits per heavy atom. The molecule has 1 aromatic carbocycles. The molecule has 1 N–H and O–H groups in total. The zero-order valence-corrected chi connectivity index (χ0v) is 7.15. The molecule has 12 heavy (non-hydrogen) atoms. The van der Waals surface area contributed by atoms with Gasteiger partial charge in [-0.2, -0.15) is 0 Å². The number of halogens is 2. The summed E-state index contributed by atoms with van der Waals surface area (Å²) >= 11 is 5.60. The van der Waals surface area contributed by atoms with Crippen molar-refractivity contribution in [1.29, 1.82) is 5.41 Å². The van der Waals surface area contributed by atoms with Crippen molar-refractivity contribution in [2.45, 2.75) is 0 Å². The summed E-state index contributed by atoms with van der Waals surface area (Å²) in [4.78, 5) is 0. The fourth-order valence-corrected chi connectivity index (χ4v) is 0.954. The summed E-state index contributed by atoms with van der Waals surface area (Å²) in [7, 11) is 1.31. The van der Waals surface area contributed by atoms with Gasteiger partial charge in [-0.05, 0) is 18.2 Å². The van der Waals surface area contributed by atoms with Crippen LogP contribution in [0.5, 0.6) is 0 Å². The van der Waals surface area contributed by atoms with Crippen molar-refractivity contribution in [3.05, 3.63) is 34.6 Å². The molecule has 0 aromatic heterocycles. The van der Waals surface area contributed by atoms with Crippen molar-refractivity contribution >= 4 is 17.5 Å². The van der Waals surface area contributed by atoms with E-state index in [-0.39, 0.29) is 11.5 Å². The van der Waals surface area contributed by atoms with Crippen LogP contribution in [-0.4, -0.2) is 13.0 Å². The van der Waals surface area contributed by atoms with Crippen LogP contribution in [0.2, 0.25) is 5.02 Å². The second kappa shape index (κ2) is 3.54. The van der Waals surface area contributed by atoms with E-state index in [0.717, 1.165) is 0 Å². The molecule has 0 aliphatic carbocycles. The number of rotatable bonds is 1. The first kappa shape index (κ1) is 9.00. The van der Waals surface area contributed by atoms with Gasteiger partial charge in [-0.3, -0.25) is 5.41 Å². The van der Waals surface area contributed by atoms with E-state index >= 15 is 0 Å². The minimum atomic E-state index is -0.508. The molecule has 0 aliphatic heterocycles. The smallest absolute Gasteiger partial charge is 0.215 e. The molecule has 1 aromatic rings. The minimum Gasteiger partial charge on any atom is -0.481 e. The highest BCUT2D eigenvalue weighted by atomic mass is 35.5. The fraction of sp³-hybridized carbons (Fsp3) is 0.125. The Kier molecular flexibility index (Phi) is 2.65. The van der Waals surface area contributed by atoms with E-state index < -0.39 is 5.82 Å². The Morgan fingerprint density at radius 2 is 2.25 bits per heavy atom. The molecule has 0 bridgehead atoms. The maximum atomic E-state index is 12.9. The number of nitrogens with one attached hydrogen (secondary N) is 1. The molecule has 0 aliphatic rings. The van der Waals surface area contributed by atoms with Gasteiger partial charge in [0, 0.05) is 5.02 Å². The van der Waals surface area contributed by atoms with Crippen LogP contribution < -0.4 is 0 Å². The lowest BCUT2D eigenvalue weighted by Gasteiger charge is -2.03. The predicted molar refractivity (Wildman–Crippen MR) is 45.2 cm³/mol. The van der Waals surface area contributed by atoms with Gasteiger partial charge in [0.25, 0.3) is 0 Å². The Balaban J connectivity index is 3.13. The molecule has 1 rings (SSSR count). The number of benzene rings is 1. The summed E-state index contributed by atoms with van der Waals surface area (Å²) in [5.41, 5.74) is 0.0741. The van der Waals surface area contributed by atoms with Crippen molar-refractivity contribution < 1.29 is 9.13 Å². The third-order valence-corrected chi connectivity index (χ3v) is 1.61. The van der Waals surface area contributed by atoms with E-state index in [4.69, 9.17) is 17.0 Å². The van der Waals surface area contributed by atoms with E-state index in [9.17, 15) is 4.39 Å². The van der Waals surface area contributed by atoms with Gasteiger partial charge in [-0.25, -0.2) is 4.39 Å². The SMILES string of the molecule is COC(=N)c1cc(Cl)ccc1F. The molecule has 0 saturated carbocycles. The van der Waals surface area contributed by atoms with Gasteiger partial charge in [0.15, 0.2) is 0 Å². The van der Waals surface area contributed by atoms with Crippen molar-refractivity contribution in [1.82, 2.24) is 0 Å². The Morgan fingerprint density at radius 3 is 2.83 bits per heavy atom. The summed E-state index contributed by atoms with van der Waals surface area (Å²) in [5, 5.41) is 7.58. The van der Waals surface area contributed by atoms with Crippen LogP contribution in [0.4, 0.5) is 4.39 Å². The number of methoxy groups -OCH3 is 1. The van der Waals surface area contributed by atoms with Gasteiger partial charge < -0.3 is 4.74 Å². The first-order valence-electron chi connectivity index (χ1n) is 3.23. The van der Waals surface area contributed by atoms with Gasteiger partial charge in [-0.1, -0.05) is 11.6 Å². The maximum absolute atomic E-state index is 12.9. The topological polar surface area (TPSA) is 33.1 Å². The lowest BCUT2D eigenvalue weighted by molar-refractivity contribution is 0.398. The van der Waals surface area contributed by atoms with E-state index in [0.29, 0.717) is 5.02 Å². The molecule has 0 atom stereocenters. The molecule has 0 saturated heterocycles. The third kappa shape index (κ3) is 1.74. The summed E-state index contributed by atoms with van der Waals surface area (Å²) in [6, 6.07) is 3.97. The number of hydrogen-bond donors (Lipinski definition) is 1. The van der Waals surface area contributed by atoms with E-state index in [1.807, 2.05) is 0 Å². The van der Waals surface area contributed by atoms with Crippen molar-refractivity contribution in [2.24, 2.45) is 0 Å². The molecule has 0 radical (unpaired) electrons. The van der Waals surface area contributed by atoms with E-state index in [2.05, 4.69) is 4.74 Å². The van der Waals surface area contributed by atoms with Gasteiger partial charge in [-0.15, -0.1) is 0 Å². The van der Waals surface area contributed by atoms with Gasteiger partial charge in [0.2, 0.25) is 5.90 Å². The van der Waals surface area contributed by atoms with Gasteiger partial charge >= 0.3 is 0 Å². The lowest BCUT2D eigenvalue weighted by atomic mass is 10.2. The van der Waals surface area contributed by atoms with Gasteiger partial charge in [0.1, 0.15) is 5.82 Å². The summed E-state index contributed by atoms with van der Waals surface area (Å²) in [5.74, 6) is -0.735. The zero-order chi connectivity index (χ0) is 9.14. The van der Waals surface area contributed by atoms with Crippen LogP contribution in [0.15, 0.2) is 18.2 Å². The standard InChI is InChI=1S/C8H7ClFNO/c1-12-8(11)6-4-5(9)2-3-7(6)10/h2-4,11H,1H3. The monoisotopic (exact) mass is 187 g/mol. The molecular formula is C8H7ClFNO.